The van der Waals surface area contributed by atoms with E-state index in [0.717, 1.165) is 26.3 Å². The molecule has 0 radical (unpaired) electrons. The Bertz CT molecular complexity index is 479. The van der Waals surface area contributed by atoms with E-state index >= 15 is 0 Å². The molecular formula is C10H11N3S2. The molecule has 0 amide bonds. The topological polar surface area (TPSA) is 51.8 Å². The van der Waals surface area contributed by atoms with Gasteiger partial charge in [0.15, 0.2) is 4.34 Å². The van der Waals surface area contributed by atoms with Crippen LogP contribution in [0, 0.1) is 13.8 Å². The Morgan fingerprint density at radius 2 is 2.13 bits per heavy atom. The van der Waals surface area contributed by atoms with E-state index in [9.17, 15) is 0 Å². The monoisotopic (exact) mass is 237 g/mol. The van der Waals surface area contributed by atoms with E-state index in [1.54, 1.807) is 11.8 Å². The molecule has 0 saturated carbocycles. The zero-order valence-corrected chi connectivity index (χ0v) is 10.2. The molecule has 2 aromatic rings. The molecule has 0 aliphatic heterocycles. The second-order valence-corrected chi connectivity index (χ2v) is 5.24. The summed E-state index contributed by atoms with van der Waals surface area (Å²) in [4.78, 5) is 5.34. The third-order valence-corrected chi connectivity index (χ3v) is 3.91. The van der Waals surface area contributed by atoms with Crippen molar-refractivity contribution in [2.45, 2.75) is 23.1 Å². The molecule has 1 aromatic carbocycles. The highest BCUT2D eigenvalue weighted by molar-refractivity contribution is 8.01. The van der Waals surface area contributed by atoms with Gasteiger partial charge in [-0.1, -0.05) is 23.9 Å². The summed E-state index contributed by atoms with van der Waals surface area (Å²) in [6.07, 6.45) is 0. The number of para-hydroxylation sites is 1. The number of aryl methyl sites for hydroxylation is 2. The number of aromatic nitrogens is 2. The summed E-state index contributed by atoms with van der Waals surface area (Å²) in [6, 6.07) is 6.01. The summed E-state index contributed by atoms with van der Waals surface area (Å²) in [5.41, 5.74) is 7.90. The third kappa shape index (κ3) is 2.30. The first-order valence-corrected chi connectivity index (χ1v) is 6.09. The largest absolute Gasteiger partial charge is 0.398 e. The maximum Gasteiger partial charge on any atom is 0.174 e. The SMILES string of the molecule is Cc1nsc(Sc2cccc(C)c2N)n1. The number of nitrogens with zero attached hydrogens (tertiary/aromatic N) is 2. The fourth-order valence-electron chi connectivity index (χ4n) is 1.16. The van der Waals surface area contributed by atoms with Gasteiger partial charge in [0, 0.05) is 10.6 Å². The van der Waals surface area contributed by atoms with Gasteiger partial charge in [-0.15, -0.1) is 0 Å². The molecule has 0 aliphatic rings. The highest BCUT2D eigenvalue weighted by Gasteiger charge is 2.06. The fraction of sp³-hybridized carbons (Fsp3) is 0.200. The Morgan fingerprint density at radius 3 is 2.80 bits per heavy atom. The number of anilines is 1. The van der Waals surface area contributed by atoms with Gasteiger partial charge in [-0.25, -0.2) is 4.98 Å². The molecule has 0 bridgehead atoms. The van der Waals surface area contributed by atoms with Gasteiger partial charge in [0.05, 0.1) is 0 Å². The van der Waals surface area contributed by atoms with Crippen LogP contribution >= 0.6 is 23.3 Å². The zero-order chi connectivity index (χ0) is 10.8. The van der Waals surface area contributed by atoms with Gasteiger partial charge in [-0.2, -0.15) is 4.37 Å². The van der Waals surface area contributed by atoms with Crippen molar-refractivity contribution in [3.63, 3.8) is 0 Å². The van der Waals surface area contributed by atoms with Gasteiger partial charge in [-0.3, -0.25) is 0 Å². The fourth-order valence-corrected chi connectivity index (χ4v) is 2.89. The molecule has 15 heavy (non-hydrogen) atoms. The van der Waals surface area contributed by atoms with E-state index in [2.05, 4.69) is 9.36 Å². The minimum absolute atomic E-state index is 0.814. The second-order valence-electron chi connectivity index (χ2n) is 3.20. The lowest BCUT2D eigenvalue weighted by atomic mass is 10.2. The van der Waals surface area contributed by atoms with Crippen LogP contribution in [0.3, 0.4) is 0 Å². The smallest absolute Gasteiger partial charge is 0.174 e. The van der Waals surface area contributed by atoms with Crippen molar-refractivity contribution in [1.29, 1.82) is 0 Å². The average molecular weight is 237 g/mol. The lowest BCUT2D eigenvalue weighted by Crippen LogP contribution is -1.91. The molecule has 0 fully saturated rings. The molecule has 2 N–H and O–H groups in total. The van der Waals surface area contributed by atoms with Crippen LogP contribution in [0.5, 0.6) is 0 Å². The van der Waals surface area contributed by atoms with Gasteiger partial charge in [0.2, 0.25) is 0 Å². The van der Waals surface area contributed by atoms with E-state index in [1.807, 2.05) is 32.0 Å². The maximum atomic E-state index is 5.97. The lowest BCUT2D eigenvalue weighted by molar-refractivity contribution is 1.10. The van der Waals surface area contributed by atoms with Crippen molar-refractivity contribution in [1.82, 2.24) is 9.36 Å². The molecule has 1 heterocycles. The Labute approximate surface area is 96.9 Å². The van der Waals surface area contributed by atoms with Gasteiger partial charge < -0.3 is 5.73 Å². The third-order valence-electron chi connectivity index (χ3n) is 1.99. The number of nitrogen functional groups attached to an aromatic ring is 1. The molecule has 0 aliphatic carbocycles. The molecule has 2 rings (SSSR count). The van der Waals surface area contributed by atoms with Crippen LogP contribution in [-0.2, 0) is 0 Å². The Kier molecular flexibility index (Phi) is 2.93. The molecule has 0 atom stereocenters. The first-order chi connectivity index (χ1) is 7.16. The maximum absolute atomic E-state index is 5.97. The van der Waals surface area contributed by atoms with Crippen molar-refractivity contribution in [2.24, 2.45) is 0 Å². The Morgan fingerprint density at radius 1 is 1.33 bits per heavy atom. The molecular weight excluding hydrogens is 226 g/mol. The summed E-state index contributed by atoms with van der Waals surface area (Å²) in [6.45, 7) is 3.89. The van der Waals surface area contributed by atoms with E-state index in [4.69, 9.17) is 5.73 Å². The van der Waals surface area contributed by atoms with Crippen molar-refractivity contribution in [3.05, 3.63) is 29.6 Å². The summed E-state index contributed by atoms with van der Waals surface area (Å²) in [7, 11) is 0. The number of benzene rings is 1. The standard InChI is InChI=1S/C10H11N3S2/c1-6-4-3-5-8(9(6)11)14-10-12-7(2)13-15-10/h3-5H,11H2,1-2H3. The summed E-state index contributed by atoms with van der Waals surface area (Å²) in [5.74, 6) is 0.814. The van der Waals surface area contributed by atoms with Crippen LogP contribution in [0.4, 0.5) is 5.69 Å². The first kappa shape index (κ1) is 10.4. The highest BCUT2D eigenvalue weighted by atomic mass is 32.2. The second kappa shape index (κ2) is 4.20. The molecule has 3 nitrogen and oxygen atoms in total. The van der Waals surface area contributed by atoms with Crippen LogP contribution in [0.25, 0.3) is 0 Å². The molecule has 78 valence electrons. The predicted octanol–water partition coefficient (Wildman–Crippen LogP) is 2.89. The number of rotatable bonds is 2. The average Bonchev–Trinajstić information content (AvgIpc) is 2.59. The van der Waals surface area contributed by atoms with Gasteiger partial charge >= 0.3 is 0 Å². The van der Waals surface area contributed by atoms with Crippen molar-refractivity contribution in [2.75, 3.05) is 5.73 Å². The van der Waals surface area contributed by atoms with Crippen LogP contribution in [0.1, 0.15) is 11.4 Å². The normalized spacial score (nSPS) is 10.5. The highest BCUT2D eigenvalue weighted by Crippen LogP contribution is 2.34. The van der Waals surface area contributed by atoms with E-state index in [1.165, 1.54) is 11.5 Å². The van der Waals surface area contributed by atoms with Crippen LogP contribution in [-0.4, -0.2) is 9.36 Å². The number of hydrogen-bond acceptors (Lipinski definition) is 5. The predicted molar refractivity (Wildman–Crippen MR) is 64.4 cm³/mol. The molecule has 0 spiro atoms. The number of hydrogen-bond donors (Lipinski definition) is 1. The zero-order valence-electron chi connectivity index (χ0n) is 8.52. The first-order valence-electron chi connectivity index (χ1n) is 4.50. The summed E-state index contributed by atoms with van der Waals surface area (Å²) < 4.78 is 5.07. The van der Waals surface area contributed by atoms with E-state index in [-0.39, 0.29) is 0 Å². The minimum atomic E-state index is 0.814. The van der Waals surface area contributed by atoms with Gasteiger partial charge in [0.25, 0.3) is 0 Å². The van der Waals surface area contributed by atoms with Crippen molar-refractivity contribution >= 4 is 29.0 Å². The minimum Gasteiger partial charge on any atom is -0.398 e. The summed E-state index contributed by atoms with van der Waals surface area (Å²) in [5, 5.41) is 0. The Hall–Kier alpha value is -1.07. The van der Waals surface area contributed by atoms with Gasteiger partial charge in [-0.05, 0) is 37.0 Å². The molecule has 0 saturated heterocycles. The van der Waals surface area contributed by atoms with Gasteiger partial charge in [0.1, 0.15) is 5.82 Å². The molecule has 1 aromatic heterocycles. The van der Waals surface area contributed by atoms with Crippen molar-refractivity contribution < 1.29 is 0 Å². The lowest BCUT2D eigenvalue weighted by Gasteiger charge is -2.04. The summed E-state index contributed by atoms with van der Waals surface area (Å²) >= 11 is 2.97. The van der Waals surface area contributed by atoms with E-state index in [0.29, 0.717) is 0 Å². The van der Waals surface area contributed by atoms with Crippen molar-refractivity contribution in [3.8, 4) is 0 Å². The molecule has 5 heteroatoms. The van der Waals surface area contributed by atoms with Crippen LogP contribution in [0.2, 0.25) is 0 Å². The van der Waals surface area contributed by atoms with E-state index < -0.39 is 0 Å². The Balaban J connectivity index is 2.28. The molecule has 0 unspecified atom stereocenters. The quantitative estimate of drug-likeness (QED) is 0.816. The van der Waals surface area contributed by atoms with Crippen LogP contribution in [0.15, 0.2) is 27.4 Å². The van der Waals surface area contributed by atoms with Crippen LogP contribution < -0.4 is 5.73 Å². The number of nitrogens with two attached hydrogens (primary N) is 1.